The first kappa shape index (κ1) is 14.5. The second-order valence-electron chi connectivity index (χ2n) is 5.32. The number of carbonyl (C=O) groups excluding carboxylic acids is 1. The standard InChI is InChI=1S/C16H22ClNO/c1-2-5-16(19)15-6-3-4-11-18(15)12-13-7-9-14(17)10-8-13/h7-10,15H,2-6,11-12H2,1H3. The van der Waals surface area contributed by atoms with E-state index in [2.05, 4.69) is 24.0 Å². The van der Waals surface area contributed by atoms with Gasteiger partial charge in [-0.3, -0.25) is 9.69 Å². The van der Waals surface area contributed by atoms with E-state index in [1.54, 1.807) is 0 Å². The number of hydrogen-bond donors (Lipinski definition) is 0. The molecule has 0 saturated carbocycles. The summed E-state index contributed by atoms with van der Waals surface area (Å²) in [5.74, 6) is 0.413. The van der Waals surface area contributed by atoms with E-state index >= 15 is 0 Å². The molecule has 19 heavy (non-hydrogen) atoms. The lowest BCUT2D eigenvalue weighted by molar-refractivity contribution is -0.125. The molecule has 1 fully saturated rings. The molecular weight excluding hydrogens is 258 g/mol. The normalized spacial score (nSPS) is 20.4. The number of halogens is 1. The van der Waals surface area contributed by atoms with Crippen molar-refractivity contribution in [3.63, 3.8) is 0 Å². The van der Waals surface area contributed by atoms with Crippen LogP contribution in [0, 0.1) is 0 Å². The van der Waals surface area contributed by atoms with Crippen LogP contribution in [0.1, 0.15) is 44.6 Å². The van der Waals surface area contributed by atoms with Gasteiger partial charge in [0.1, 0.15) is 5.78 Å². The zero-order chi connectivity index (χ0) is 13.7. The lowest BCUT2D eigenvalue weighted by Gasteiger charge is -2.34. The number of rotatable bonds is 5. The number of hydrogen-bond acceptors (Lipinski definition) is 2. The van der Waals surface area contributed by atoms with E-state index in [1.807, 2.05) is 12.1 Å². The van der Waals surface area contributed by atoms with Crippen LogP contribution >= 0.6 is 11.6 Å². The average molecular weight is 280 g/mol. The third-order valence-corrected chi connectivity index (χ3v) is 4.03. The van der Waals surface area contributed by atoms with Gasteiger partial charge < -0.3 is 0 Å². The van der Waals surface area contributed by atoms with Crippen LogP contribution in [-0.2, 0) is 11.3 Å². The van der Waals surface area contributed by atoms with Gasteiger partial charge in [-0.1, -0.05) is 37.1 Å². The minimum atomic E-state index is 0.129. The van der Waals surface area contributed by atoms with Crippen molar-refractivity contribution in [2.45, 2.75) is 51.6 Å². The van der Waals surface area contributed by atoms with Gasteiger partial charge in [0.25, 0.3) is 0 Å². The molecule has 1 aliphatic heterocycles. The van der Waals surface area contributed by atoms with Crippen molar-refractivity contribution in [1.82, 2.24) is 4.90 Å². The van der Waals surface area contributed by atoms with Crippen molar-refractivity contribution in [2.24, 2.45) is 0 Å². The van der Waals surface area contributed by atoms with Crippen molar-refractivity contribution in [3.8, 4) is 0 Å². The Morgan fingerprint density at radius 1 is 1.32 bits per heavy atom. The van der Waals surface area contributed by atoms with Gasteiger partial charge in [-0.05, 0) is 43.5 Å². The minimum absolute atomic E-state index is 0.129. The molecule has 1 heterocycles. The second-order valence-corrected chi connectivity index (χ2v) is 5.76. The number of likely N-dealkylation sites (tertiary alicyclic amines) is 1. The van der Waals surface area contributed by atoms with Crippen LogP contribution in [0.5, 0.6) is 0 Å². The maximum atomic E-state index is 12.2. The van der Waals surface area contributed by atoms with E-state index in [0.29, 0.717) is 12.2 Å². The maximum absolute atomic E-state index is 12.2. The van der Waals surface area contributed by atoms with Crippen LogP contribution in [0.15, 0.2) is 24.3 Å². The monoisotopic (exact) mass is 279 g/mol. The molecule has 3 heteroatoms. The highest BCUT2D eigenvalue weighted by Crippen LogP contribution is 2.22. The Morgan fingerprint density at radius 3 is 2.74 bits per heavy atom. The molecular formula is C16H22ClNO. The number of carbonyl (C=O) groups is 1. The summed E-state index contributed by atoms with van der Waals surface area (Å²) in [6.07, 6.45) is 5.05. The number of piperidine rings is 1. The number of Topliss-reactive ketones (excluding diaryl/α,β-unsaturated/α-hetero) is 1. The molecule has 2 nitrogen and oxygen atoms in total. The van der Waals surface area contributed by atoms with Crippen LogP contribution in [0.3, 0.4) is 0 Å². The van der Waals surface area contributed by atoms with Crippen molar-refractivity contribution in [1.29, 1.82) is 0 Å². The van der Waals surface area contributed by atoms with Crippen molar-refractivity contribution in [2.75, 3.05) is 6.54 Å². The second kappa shape index (κ2) is 7.06. The van der Waals surface area contributed by atoms with Crippen molar-refractivity contribution in [3.05, 3.63) is 34.9 Å². The summed E-state index contributed by atoms with van der Waals surface area (Å²) >= 11 is 5.91. The highest BCUT2D eigenvalue weighted by Gasteiger charge is 2.27. The fraction of sp³-hybridized carbons (Fsp3) is 0.562. The van der Waals surface area contributed by atoms with Gasteiger partial charge in [0.05, 0.1) is 6.04 Å². The molecule has 1 aromatic carbocycles. The number of ketones is 1. The summed E-state index contributed by atoms with van der Waals surface area (Å²) in [5, 5.41) is 0.765. The predicted molar refractivity (Wildman–Crippen MR) is 79.4 cm³/mol. The molecule has 0 N–H and O–H groups in total. The Bertz CT molecular complexity index is 415. The zero-order valence-corrected chi connectivity index (χ0v) is 12.3. The Labute approximate surface area is 120 Å². The molecule has 1 saturated heterocycles. The molecule has 0 aromatic heterocycles. The predicted octanol–water partition coefficient (Wildman–Crippen LogP) is 4.06. The summed E-state index contributed by atoms with van der Waals surface area (Å²) in [7, 11) is 0. The molecule has 1 aliphatic rings. The van der Waals surface area contributed by atoms with Crippen LogP contribution in [0.4, 0.5) is 0 Å². The first-order valence-electron chi connectivity index (χ1n) is 7.22. The Hall–Kier alpha value is -0.860. The molecule has 1 atom stereocenters. The van der Waals surface area contributed by atoms with E-state index < -0.39 is 0 Å². The van der Waals surface area contributed by atoms with Gasteiger partial charge in [0.15, 0.2) is 0 Å². The summed E-state index contributed by atoms with van der Waals surface area (Å²) < 4.78 is 0. The SMILES string of the molecule is CCCC(=O)C1CCCCN1Cc1ccc(Cl)cc1. The molecule has 0 bridgehead atoms. The highest BCUT2D eigenvalue weighted by molar-refractivity contribution is 6.30. The first-order valence-corrected chi connectivity index (χ1v) is 7.59. The lowest BCUT2D eigenvalue weighted by Crippen LogP contribution is -2.44. The van der Waals surface area contributed by atoms with E-state index in [0.717, 1.165) is 31.0 Å². The van der Waals surface area contributed by atoms with Gasteiger partial charge in [0.2, 0.25) is 0 Å². The van der Waals surface area contributed by atoms with E-state index in [-0.39, 0.29) is 6.04 Å². The van der Waals surface area contributed by atoms with Crippen molar-refractivity contribution >= 4 is 17.4 Å². The van der Waals surface area contributed by atoms with E-state index in [9.17, 15) is 4.79 Å². The molecule has 1 aromatic rings. The largest absolute Gasteiger partial charge is 0.298 e. The van der Waals surface area contributed by atoms with Gasteiger partial charge in [-0.15, -0.1) is 0 Å². The molecule has 104 valence electrons. The summed E-state index contributed by atoms with van der Waals surface area (Å²) in [5.41, 5.74) is 1.24. The third kappa shape index (κ3) is 4.05. The van der Waals surface area contributed by atoms with Gasteiger partial charge in [-0.25, -0.2) is 0 Å². The maximum Gasteiger partial charge on any atom is 0.149 e. The average Bonchev–Trinajstić information content (AvgIpc) is 2.42. The van der Waals surface area contributed by atoms with Crippen LogP contribution in [-0.4, -0.2) is 23.3 Å². The van der Waals surface area contributed by atoms with E-state index in [1.165, 1.54) is 18.4 Å². The molecule has 0 aliphatic carbocycles. The Kier molecular flexibility index (Phi) is 5.41. The van der Waals surface area contributed by atoms with Crippen LogP contribution in [0.2, 0.25) is 5.02 Å². The van der Waals surface area contributed by atoms with Crippen molar-refractivity contribution < 1.29 is 4.79 Å². The number of nitrogens with zero attached hydrogens (tertiary/aromatic N) is 1. The molecule has 0 spiro atoms. The smallest absolute Gasteiger partial charge is 0.149 e. The Balaban J connectivity index is 2.03. The molecule has 2 rings (SSSR count). The highest BCUT2D eigenvalue weighted by atomic mass is 35.5. The van der Waals surface area contributed by atoms with Gasteiger partial charge in [-0.2, -0.15) is 0 Å². The van der Waals surface area contributed by atoms with Gasteiger partial charge in [0, 0.05) is 18.0 Å². The topological polar surface area (TPSA) is 20.3 Å². The quantitative estimate of drug-likeness (QED) is 0.810. The summed E-state index contributed by atoms with van der Waals surface area (Å²) in [6, 6.07) is 8.08. The fourth-order valence-electron chi connectivity index (χ4n) is 2.78. The van der Waals surface area contributed by atoms with Crippen LogP contribution < -0.4 is 0 Å². The number of benzene rings is 1. The molecule has 0 amide bonds. The minimum Gasteiger partial charge on any atom is -0.298 e. The van der Waals surface area contributed by atoms with Crippen LogP contribution in [0.25, 0.3) is 0 Å². The lowest BCUT2D eigenvalue weighted by atomic mass is 9.95. The summed E-state index contributed by atoms with van der Waals surface area (Å²) in [4.78, 5) is 14.5. The zero-order valence-electron chi connectivity index (χ0n) is 11.6. The van der Waals surface area contributed by atoms with Gasteiger partial charge >= 0.3 is 0 Å². The first-order chi connectivity index (χ1) is 9.20. The molecule has 0 radical (unpaired) electrons. The van der Waals surface area contributed by atoms with E-state index in [4.69, 9.17) is 11.6 Å². The molecule has 1 unspecified atom stereocenters. The summed E-state index contributed by atoms with van der Waals surface area (Å²) in [6.45, 7) is 3.96. The third-order valence-electron chi connectivity index (χ3n) is 3.78. The fourth-order valence-corrected chi connectivity index (χ4v) is 2.91. The Morgan fingerprint density at radius 2 is 2.05 bits per heavy atom.